The van der Waals surface area contributed by atoms with Crippen LogP contribution in [0.3, 0.4) is 0 Å². The lowest BCUT2D eigenvalue weighted by Crippen LogP contribution is -2.49. The van der Waals surface area contributed by atoms with Gasteiger partial charge in [-0.25, -0.2) is 4.98 Å². The van der Waals surface area contributed by atoms with Crippen LogP contribution in [0.25, 0.3) is 11.0 Å². The molecule has 0 aliphatic carbocycles. The number of benzene rings is 2. The van der Waals surface area contributed by atoms with Gasteiger partial charge in [0.05, 0.1) is 11.0 Å². The van der Waals surface area contributed by atoms with Crippen LogP contribution >= 0.6 is 0 Å². The third-order valence-corrected chi connectivity index (χ3v) is 9.76. The lowest BCUT2D eigenvalue weighted by Gasteiger charge is -2.46. The minimum atomic E-state index is 0.0809. The molecule has 2 bridgehead atoms. The maximum Gasteiger partial charge on any atom is 0.225 e. The maximum absolute atomic E-state index is 12.7. The zero-order chi connectivity index (χ0) is 25.6. The van der Waals surface area contributed by atoms with E-state index in [1.165, 1.54) is 49.7 Å². The highest BCUT2D eigenvalue weighted by molar-refractivity contribution is 5.78. The molecule has 0 N–H and O–H groups in total. The maximum atomic E-state index is 12.7. The van der Waals surface area contributed by atoms with Crippen LogP contribution in [0.1, 0.15) is 76.2 Å². The summed E-state index contributed by atoms with van der Waals surface area (Å²) in [5, 5.41) is 0. The first-order valence-corrected chi connectivity index (χ1v) is 14.5. The minimum absolute atomic E-state index is 0.0809. The lowest BCUT2D eigenvalue weighted by molar-refractivity contribution is -0.136. The van der Waals surface area contributed by atoms with Gasteiger partial charge >= 0.3 is 0 Å². The highest BCUT2D eigenvalue weighted by atomic mass is 16.2. The van der Waals surface area contributed by atoms with Crippen LogP contribution in [-0.2, 0) is 10.2 Å². The van der Waals surface area contributed by atoms with E-state index in [1.54, 1.807) is 0 Å². The van der Waals surface area contributed by atoms with Gasteiger partial charge in [0.1, 0.15) is 5.82 Å². The second kappa shape index (κ2) is 9.90. The number of amides is 1. The summed E-state index contributed by atoms with van der Waals surface area (Å²) in [4.78, 5) is 22.5. The van der Waals surface area contributed by atoms with Gasteiger partial charge in [0.2, 0.25) is 5.91 Å². The Morgan fingerprint density at radius 2 is 1.59 bits per heavy atom. The third kappa shape index (κ3) is 4.50. The van der Waals surface area contributed by atoms with Crippen molar-refractivity contribution in [3.63, 3.8) is 0 Å². The van der Waals surface area contributed by atoms with Crippen molar-refractivity contribution >= 4 is 16.9 Å². The molecule has 3 aromatic rings. The fourth-order valence-electron chi connectivity index (χ4n) is 7.79. The minimum Gasteiger partial charge on any atom is -0.342 e. The normalized spacial score (nSPS) is 25.7. The van der Waals surface area contributed by atoms with E-state index < -0.39 is 0 Å². The number of para-hydroxylation sites is 2. The van der Waals surface area contributed by atoms with Crippen molar-refractivity contribution in [2.24, 2.45) is 5.92 Å². The molecule has 0 spiro atoms. The summed E-state index contributed by atoms with van der Waals surface area (Å²) >= 11 is 0. The molecule has 3 aliphatic rings. The molecule has 5 nitrogen and oxygen atoms in total. The summed E-state index contributed by atoms with van der Waals surface area (Å²) in [7, 11) is 0. The standard InChI is InChI=1S/C32H42N4O/c1-23(2)31(37)34-18-15-32(16-19-34,25-9-5-4-6-10-25)17-20-35-26-13-14-27(35)22-28(21-26)36-24(3)33-29-11-7-8-12-30(29)36/h4-12,23,26-28H,13-22H2,1-3H3/t26-,27+,28+. The van der Waals surface area contributed by atoms with Crippen LogP contribution in [0.15, 0.2) is 54.6 Å². The molecular formula is C32H42N4O. The Labute approximate surface area is 221 Å². The Hall–Kier alpha value is -2.66. The van der Waals surface area contributed by atoms with Crippen molar-refractivity contribution in [3.05, 3.63) is 66.0 Å². The van der Waals surface area contributed by atoms with E-state index in [4.69, 9.17) is 4.98 Å². The van der Waals surface area contributed by atoms with Gasteiger partial charge in [-0.15, -0.1) is 0 Å². The fraction of sp³-hybridized carbons (Fsp3) is 0.562. The number of fused-ring (bicyclic) bond motifs is 3. The molecule has 0 saturated carbocycles. The quantitative estimate of drug-likeness (QED) is 0.411. The van der Waals surface area contributed by atoms with Crippen LogP contribution < -0.4 is 0 Å². The van der Waals surface area contributed by atoms with Crippen LogP contribution in [-0.4, -0.2) is 57.0 Å². The largest absolute Gasteiger partial charge is 0.342 e. The Balaban J connectivity index is 1.18. The van der Waals surface area contributed by atoms with Crippen molar-refractivity contribution in [2.45, 2.75) is 89.3 Å². The Kier molecular flexibility index (Phi) is 6.60. The first kappa shape index (κ1) is 24.7. The molecule has 0 radical (unpaired) electrons. The summed E-state index contributed by atoms with van der Waals surface area (Å²) < 4.78 is 2.53. The molecule has 37 heavy (non-hydrogen) atoms. The predicted octanol–water partition coefficient (Wildman–Crippen LogP) is 6.12. The summed E-state index contributed by atoms with van der Waals surface area (Å²) in [6, 6.07) is 21.7. The number of hydrogen-bond donors (Lipinski definition) is 0. The zero-order valence-corrected chi connectivity index (χ0v) is 22.8. The summed E-state index contributed by atoms with van der Waals surface area (Å²) in [6.07, 6.45) is 8.43. The summed E-state index contributed by atoms with van der Waals surface area (Å²) in [5.74, 6) is 1.55. The number of aryl methyl sites for hydroxylation is 1. The van der Waals surface area contributed by atoms with Gasteiger partial charge in [-0.05, 0) is 81.5 Å². The molecule has 3 saturated heterocycles. The number of carbonyl (C=O) groups is 1. The molecule has 1 amide bonds. The second-order valence-electron chi connectivity index (χ2n) is 12.1. The number of likely N-dealkylation sites (tertiary alicyclic amines) is 1. The molecule has 6 rings (SSSR count). The monoisotopic (exact) mass is 498 g/mol. The molecule has 3 atom stereocenters. The summed E-state index contributed by atoms with van der Waals surface area (Å²) in [5.41, 5.74) is 4.06. The number of rotatable bonds is 6. The first-order chi connectivity index (χ1) is 17.9. The van der Waals surface area contributed by atoms with E-state index in [2.05, 4.69) is 75.9 Å². The average Bonchev–Trinajstić information content (AvgIpc) is 3.38. The molecule has 3 fully saturated rings. The van der Waals surface area contributed by atoms with E-state index in [9.17, 15) is 4.79 Å². The Morgan fingerprint density at radius 3 is 2.27 bits per heavy atom. The third-order valence-electron chi connectivity index (χ3n) is 9.76. The van der Waals surface area contributed by atoms with Gasteiger partial charge in [0.15, 0.2) is 0 Å². The van der Waals surface area contributed by atoms with Crippen molar-refractivity contribution in [3.8, 4) is 0 Å². The average molecular weight is 499 g/mol. The van der Waals surface area contributed by atoms with Gasteiger partial charge in [0.25, 0.3) is 0 Å². The van der Waals surface area contributed by atoms with Crippen LogP contribution in [0.2, 0.25) is 0 Å². The SMILES string of the molecule is Cc1nc2ccccc2n1[C@H]1C[C@H]2CC[C@@H](C1)N2CCC1(c2ccccc2)CCN(C(=O)C(C)C)CC1. The van der Waals surface area contributed by atoms with Crippen molar-refractivity contribution in [1.82, 2.24) is 19.4 Å². The molecule has 5 heteroatoms. The van der Waals surface area contributed by atoms with Crippen LogP contribution in [0.5, 0.6) is 0 Å². The van der Waals surface area contributed by atoms with Crippen molar-refractivity contribution in [2.75, 3.05) is 19.6 Å². The predicted molar refractivity (Wildman–Crippen MR) is 150 cm³/mol. The molecule has 4 heterocycles. The Bertz CT molecular complexity index is 1230. The van der Waals surface area contributed by atoms with E-state index in [0.29, 0.717) is 24.0 Å². The summed E-state index contributed by atoms with van der Waals surface area (Å²) in [6.45, 7) is 9.15. The van der Waals surface area contributed by atoms with E-state index in [-0.39, 0.29) is 11.3 Å². The first-order valence-electron chi connectivity index (χ1n) is 14.5. The number of aromatic nitrogens is 2. The molecule has 0 unspecified atom stereocenters. The van der Waals surface area contributed by atoms with Gasteiger partial charge < -0.3 is 9.47 Å². The highest BCUT2D eigenvalue weighted by Crippen LogP contribution is 2.45. The van der Waals surface area contributed by atoms with Gasteiger partial charge in [0, 0.05) is 37.1 Å². The molecular weight excluding hydrogens is 456 g/mol. The molecule has 2 aromatic carbocycles. The van der Waals surface area contributed by atoms with Gasteiger partial charge in [-0.1, -0.05) is 56.3 Å². The van der Waals surface area contributed by atoms with E-state index in [0.717, 1.165) is 37.3 Å². The molecule has 196 valence electrons. The number of hydrogen-bond acceptors (Lipinski definition) is 3. The number of carbonyl (C=O) groups excluding carboxylic acids is 1. The van der Waals surface area contributed by atoms with Crippen LogP contribution in [0.4, 0.5) is 0 Å². The van der Waals surface area contributed by atoms with E-state index in [1.807, 2.05) is 13.8 Å². The van der Waals surface area contributed by atoms with E-state index >= 15 is 0 Å². The smallest absolute Gasteiger partial charge is 0.225 e. The van der Waals surface area contributed by atoms with Crippen LogP contribution in [0, 0.1) is 12.8 Å². The van der Waals surface area contributed by atoms with Crippen molar-refractivity contribution < 1.29 is 4.79 Å². The number of nitrogens with zero attached hydrogens (tertiary/aromatic N) is 4. The fourth-order valence-corrected chi connectivity index (χ4v) is 7.79. The lowest BCUT2D eigenvalue weighted by atomic mass is 9.70. The highest BCUT2D eigenvalue weighted by Gasteiger charge is 2.44. The van der Waals surface area contributed by atoms with Gasteiger partial charge in [-0.3, -0.25) is 9.69 Å². The van der Waals surface area contributed by atoms with Crippen molar-refractivity contribution in [1.29, 1.82) is 0 Å². The topological polar surface area (TPSA) is 41.4 Å². The zero-order valence-electron chi connectivity index (χ0n) is 22.8. The molecule has 3 aliphatic heterocycles. The van der Waals surface area contributed by atoms with Gasteiger partial charge in [-0.2, -0.15) is 0 Å². The Morgan fingerprint density at radius 1 is 0.946 bits per heavy atom. The number of piperidine rings is 2. The number of imidazole rings is 1. The molecule has 1 aromatic heterocycles. The second-order valence-corrected chi connectivity index (χ2v) is 12.1.